The van der Waals surface area contributed by atoms with Gasteiger partial charge in [-0.2, -0.15) is 0 Å². The van der Waals surface area contributed by atoms with Gasteiger partial charge in [0.2, 0.25) is 0 Å². The number of hydrogen-bond acceptors (Lipinski definition) is 3. The topological polar surface area (TPSA) is 55.4 Å². The van der Waals surface area contributed by atoms with Crippen molar-refractivity contribution in [2.24, 2.45) is 0 Å². The van der Waals surface area contributed by atoms with Gasteiger partial charge in [-0.15, -0.1) is 0 Å². The third-order valence-corrected chi connectivity index (χ3v) is 3.29. The molecule has 0 fully saturated rings. The highest BCUT2D eigenvalue weighted by Crippen LogP contribution is 2.21. The quantitative estimate of drug-likeness (QED) is 0.853. The second-order valence-corrected chi connectivity index (χ2v) is 4.97. The molecule has 2 rings (SSSR count). The number of anilines is 1. The first kappa shape index (κ1) is 15.8. The Morgan fingerprint density at radius 2 is 1.86 bits per heavy atom. The van der Waals surface area contributed by atoms with Crippen molar-refractivity contribution in [3.63, 3.8) is 0 Å². The van der Waals surface area contributed by atoms with Gasteiger partial charge in [-0.05, 0) is 56.7 Å². The molecule has 1 N–H and O–H groups in total. The lowest BCUT2D eigenvalue weighted by molar-refractivity contribution is 0.101. The molecule has 0 aliphatic heterocycles. The van der Waals surface area contributed by atoms with Crippen molar-refractivity contribution in [1.82, 2.24) is 0 Å². The number of benzene rings is 2. The summed E-state index contributed by atoms with van der Waals surface area (Å²) in [6.45, 7) is 5.87. The van der Waals surface area contributed by atoms with Crippen LogP contribution in [0.4, 0.5) is 5.69 Å². The van der Waals surface area contributed by atoms with E-state index in [1.54, 1.807) is 42.5 Å². The monoisotopic (exact) mass is 297 g/mol. The molecule has 0 aromatic heterocycles. The molecule has 0 saturated heterocycles. The van der Waals surface area contributed by atoms with Crippen LogP contribution in [-0.4, -0.2) is 18.3 Å². The number of Topliss-reactive ketones (excluding diaryl/α,β-unsaturated/α-hetero) is 1. The summed E-state index contributed by atoms with van der Waals surface area (Å²) in [6, 6.07) is 12.2. The summed E-state index contributed by atoms with van der Waals surface area (Å²) in [5.74, 6) is 0.432. The Kier molecular flexibility index (Phi) is 4.94. The molecule has 2 aromatic rings. The zero-order valence-electron chi connectivity index (χ0n) is 13.0. The minimum atomic E-state index is -0.250. The summed E-state index contributed by atoms with van der Waals surface area (Å²) < 4.78 is 5.46. The predicted octanol–water partition coefficient (Wildman–Crippen LogP) is 3.85. The van der Waals surface area contributed by atoms with Crippen LogP contribution in [-0.2, 0) is 0 Å². The number of carbonyl (C=O) groups excluding carboxylic acids is 2. The van der Waals surface area contributed by atoms with E-state index in [1.165, 1.54) is 6.92 Å². The van der Waals surface area contributed by atoms with Crippen LogP contribution in [0.25, 0.3) is 0 Å². The third-order valence-electron chi connectivity index (χ3n) is 3.29. The van der Waals surface area contributed by atoms with Crippen LogP contribution in [0, 0.1) is 6.92 Å². The first-order valence-corrected chi connectivity index (χ1v) is 7.17. The summed E-state index contributed by atoms with van der Waals surface area (Å²) in [5.41, 5.74) is 2.44. The Morgan fingerprint density at radius 3 is 2.50 bits per heavy atom. The van der Waals surface area contributed by atoms with Crippen LogP contribution >= 0.6 is 0 Å². The van der Waals surface area contributed by atoms with Gasteiger partial charge in [0.1, 0.15) is 5.75 Å². The molecule has 0 atom stereocenters. The number of hydrogen-bond donors (Lipinski definition) is 1. The lowest BCUT2D eigenvalue weighted by atomic mass is 10.1. The maximum Gasteiger partial charge on any atom is 0.255 e. The number of carbonyl (C=O) groups is 2. The average Bonchev–Trinajstić information content (AvgIpc) is 2.49. The highest BCUT2D eigenvalue weighted by atomic mass is 16.5. The van der Waals surface area contributed by atoms with Gasteiger partial charge in [0.05, 0.1) is 12.3 Å². The van der Waals surface area contributed by atoms with Crippen molar-refractivity contribution in [2.75, 3.05) is 11.9 Å². The molecular formula is C18H19NO3. The van der Waals surface area contributed by atoms with Crippen molar-refractivity contribution < 1.29 is 14.3 Å². The van der Waals surface area contributed by atoms with Crippen molar-refractivity contribution in [2.45, 2.75) is 20.8 Å². The molecule has 22 heavy (non-hydrogen) atoms. The second-order valence-electron chi connectivity index (χ2n) is 4.97. The first-order chi connectivity index (χ1) is 10.5. The fraction of sp³-hybridized carbons (Fsp3) is 0.222. The predicted molar refractivity (Wildman–Crippen MR) is 86.7 cm³/mol. The molecular weight excluding hydrogens is 278 g/mol. The summed E-state index contributed by atoms with van der Waals surface area (Å²) >= 11 is 0. The molecule has 4 heteroatoms. The van der Waals surface area contributed by atoms with Gasteiger partial charge in [-0.1, -0.05) is 12.1 Å². The Hall–Kier alpha value is -2.62. The summed E-state index contributed by atoms with van der Waals surface area (Å²) in [6.07, 6.45) is 0. The molecule has 114 valence electrons. The Balaban J connectivity index is 2.23. The van der Waals surface area contributed by atoms with Crippen LogP contribution in [0.5, 0.6) is 5.75 Å². The van der Waals surface area contributed by atoms with Gasteiger partial charge in [0.25, 0.3) is 5.91 Å². The number of rotatable bonds is 5. The van der Waals surface area contributed by atoms with Gasteiger partial charge in [-0.3, -0.25) is 9.59 Å². The highest BCUT2D eigenvalue weighted by molar-refractivity contribution is 6.09. The lowest BCUT2D eigenvalue weighted by Crippen LogP contribution is -2.14. The standard InChI is InChI=1S/C18H19NO3/c1-4-22-17-10-9-14(11-12(17)2)18(21)19-16-8-6-5-7-15(16)13(3)20/h5-11H,4H2,1-3H3,(H,19,21). The number of aryl methyl sites for hydroxylation is 1. The van der Waals surface area contributed by atoms with E-state index in [2.05, 4.69) is 5.32 Å². The molecule has 0 unspecified atom stereocenters. The Bertz CT molecular complexity index is 707. The molecule has 0 aliphatic rings. The molecule has 2 aromatic carbocycles. The normalized spacial score (nSPS) is 10.1. The van der Waals surface area contributed by atoms with E-state index in [9.17, 15) is 9.59 Å². The summed E-state index contributed by atoms with van der Waals surface area (Å²) in [4.78, 5) is 23.9. The minimum absolute atomic E-state index is 0.0845. The lowest BCUT2D eigenvalue weighted by Gasteiger charge is -2.11. The molecule has 0 saturated carbocycles. The van der Waals surface area contributed by atoms with E-state index in [-0.39, 0.29) is 11.7 Å². The van der Waals surface area contributed by atoms with Gasteiger partial charge in [-0.25, -0.2) is 0 Å². The maximum atomic E-state index is 12.3. The maximum absolute atomic E-state index is 12.3. The zero-order chi connectivity index (χ0) is 16.1. The van der Waals surface area contributed by atoms with Gasteiger partial charge < -0.3 is 10.1 Å². The molecule has 4 nitrogen and oxygen atoms in total. The second kappa shape index (κ2) is 6.89. The van der Waals surface area contributed by atoms with E-state index >= 15 is 0 Å². The number of ether oxygens (including phenoxy) is 1. The Labute approximate surface area is 130 Å². The van der Waals surface area contributed by atoms with Crippen molar-refractivity contribution in [3.8, 4) is 5.75 Å². The van der Waals surface area contributed by atoms with Crippen LogP contribution in [0.1, 0.15) is 40.1 Å². The third kappa shape index (κ3) is 3.52. The van der Waals surface area contributed by atoms with Crippen molar-refractivity contribution >= 4 is 17.4 Å². The fourth-order valence-electron chi connectivity index (χ4n) is 2.20. The van der Waals surface area contributed by atoms with Gasteiger partial charge in [0.15, 0.2) is 5.78 Å². The highest BCUT2D eigenvalue weighted by Gasteiger charge is 2.12. The van der Waals surface area contributed by atoms with Crippen molar-refractivity contribution in [1.29, 1.82) is 0 Å². The number of ketones is 1. The minimum Gasteiger partial charge on any atom is -0.494 e. The van der Waals surface area contributed by atoms with E-state index < -0.39 is 0 Å². The SMILES string of the molecule is CCOc1ccc(C(=O)Nc2ccccc2C(C)=O)cc1C. The molecule has 0 heterocycles. The number of amides is 1. The summed E-state index contributed by atoms with van der Waals surface area (Å²) in [5, 5.41) is 2.79. The van der Waals surface area contributed by atoms with Gasteiger partial charge >= 0.3 is 0 Å². The van der Waals surface area contributed by atoms with E-state index in [1.807, 2.05) is 13.8 Å². The van der Waals surface area contributed by atoms with Crippen molar-refractivity contribution in [3.05, 3.63) is 59.2 Å². The van der Waals surface area contributed by atoms with E-state index in [4.69, 9.17) is 4.74 Å². The van der Waals surface area contributed by atoms with Crippen LogP contribution in [0.3, 0.4) is 0 Å². The molecule has 0 radical (unpaired) electrons. The summed E-state index contributed by atoms with van der Waals surface area (Å²) in [7, 11) is 0. The first-order valence-electron chi connectivity index (χ1n) is 7.17. The van der Waals surface area contributed by atoms with Crippen LogP contribution < -0.4 is 10.1 Å². The van der Waals surface area contributed by atoms with Crippen LogP contribution in [0.15, 0.2) is 42.5 Å². The fourth-order valence-corrected chi connectivity index (χ4v) is 2.20. The van der Waals surface area contributed by atoms with Crippen LogP contribution in [0.2, 0.25) is 0 Å². The zero-order valence-corrected chi connectivity index (χ0v) is 13.0. The Morgan fingerprint density at radius 1 is 1.14 bits per heavy atom. The van der Waals surface area contributed by atoms with E-state index in [0.29, 0.717) is 23.4 Å². The molecule has 0 spiro atoms. The number of nitrogens with one attached hydrogen (secondary N) is 1. The largest absolute Gasteiger partial charge is 0.494 e. The smallest absolute Gasteiger partial charge is 0.255 e. The number of para-hydroxylation sites is 1. The average molecular weight is 297 g/mol. The molecule has 0 aliphatic carbocycles. The van der Waals surface area contributed by atoms with Gasteiger partial charge in [0, 0.05) is 11.1 Å². The molecule has 0 bridgehead atoms. The van der Waals surface area contributed by atoms with E-state index in [0.717, 1.165) is 11.3 Å². The molecule has 1 amide bonds.